The molecule has 5 nitrogen and oxygen atoms in total. The third kappa shape index (κ3) is 5.00. The van der Waals surface area contributed by atoms with Gasteiger partial charge in [0.25, 0.3) is 11.8 Å². The van der Waals surface area contributed by atoms with Crippen molar-refractivity contribution in [3.63, 3.8) is 0 Å². The molecule has 3 aromatic carbocycles. The van der Waals surface area contributed by atoms with Crippen LogP contribution in [0, 0.1) is 25.2 Å². The van der Waals surface area contributed by atoms with Gasteiger partial charge in [-0.15, -0.1) is 0 Å². The minimum Gasteiger partial charge on any atom is -0.322 e. The first-order chi connectivity index (χ1) is 14.5. The van der Waals surface area contributed by atoms with Gasteiger partial charge in [-0.2, -0.15) is 5.26 Å². The van der Waals surface area contributed by atoms with Crippen molar-refractivity contribution in [3.8, 4) is 6.07 Å². The van der Waals surface area contributed by atoms with Crippen molar-refractivity contribution < 1.29 is 9.59 Å². The summed E-state index contributed by atoms with van der Waals surface area (Å²) in [6.45, 7) is 3.76. The molecule has 0 aliphatic rings. The molecule has 0 atom stereocenters. The first kappa shape index (κ1) is 20.6. The molecule has 2 N–H and O–H groups in total. The van der Waals surface area contributed by atoms with E-state index in [9.17, 15) is 9.59 Å². The number of carbonyl (C=O) groups is 2. The summed E-state index contributed by atoms with van der Waals surface area (Å²) >= 11 is 0. The van der Waals surface area contributed by atoms with Crippen molar-refractivity contribution in [1.82, 2.24) is 0 Å². The van der Waals surface area contributed by atoms with E-state index < -0.39 is 11.8 Å². The molecule has 0 heterocycles. The smallest absolute Gasteiger partial charge is 0.261 e. The Morgan fingerprint density at radius 1 is 0.767 bits per heavy atom. The van der Waals surface area contributed by atoms with E-state index >= 15 is 0 Å². The van der Waals surface area contributed by atoms with Crippen LogP contribution in [-0.2, 0) is 9.59 Å². The molecule has 3 rings (SSSR count). The number of hydrogen-bond donors (Lipinski definition) is 2. The summed E-state index contributed by atoms with van der Waals surface area (Å²) in [5, 5.41) is 14.6. The largest absolute Gasteiger partial charge is 0.322 e. The number of aryl methyl sites for hydroxylation is 2. The van der Waals surface area contributed by atoms with Gasteiger partial charge in [0, 0.05) is 11.4 Å². The van der Waals surface area contributed by atoms with Crippen LogP contribution in [0.3, 0.4) is 0 Å². The van der Waals surface area contributed by atoms with Gasteiger partial charge in [-0.05, 0) is 60.9 Å². The van der Waals surface area contributed by atoms with Crippen molar-refractivity contribution in [3.05, 3.63) is 101 Å². The molecule has 5 heteroatoms. The second kappa shape index (κ2) is 9.35. The monoisotopic (exact) mass is 395 g/mol. The molecular weight excluding hydrogens is 374 g/mol. The van der Waals surface area contributed by atoms with Gasteiger partial charge in [-0.25, -0.2) is 0 Å². The number of nitriles is 1. The lowest BCUT2D eigenvalue weighted by Crippen LogP contribution is -2.25. The van der Waals surface area contributed by atoms with Crippen LogP contribution in [0.4, 0.5) is 11.4 Å². The molecule has 0 saturated heterocycles. The highest BCUT2D eigenvalue weighted by Crippen LogP contribution is 2.19. The Morgan fingerprint density at radius 3 is 1.67 bits per heavy atom. The van der Waals surface area contributed by atoms with Gasteiger partial charge in [-0.3, -0.25) is 9.59 Å². The second-order valence-electron chi connectivity index (χ2n) is 6.83. The molecule has 0 aromatic heterocycles. The number of benzene rings is 3. The Labute approximate surface area is 175 Å². The SMILES string of the molecule is Cc1ccccc1NC(=O)C(=Cc1ccc(C#N)cc1)C(=O)Nc1ccccc1C. The summed E-state index contributed by atoms with van der Waals surface area (Å²) < 4.78 is 0. The quantitative estimate of drug-likeness (QED) is 0.369. The lowest BCUT2D eigenvalue weighted by Gasteiger charge is -2.13. The van der Waals surface area contributed by atoms with Crippen molar-refractivity contribution in [1.29, 1.82) is 5.26 Å². The third-order valence-corrected chi connectivity index (χ3v) is 4.63. The maximum absolute atomic E-state index is 13.0. The molecule has 3 aromatic rings. The van der Waals surface area contributed by atoms with Crippen molar-refractivity contribution in [2.75, 3.05) is 10.6 Å². The molecule has 2 amide bonds. The van der Waals surface area contributed by atoms with Gasteiger partial charge in [0.2, 0.25) is 0 Å². The van der Waals surface area contributed by atoms with Crippen molar-refractivity contribution in [2.24, 2.45) is 0 Å². The third-order valence-electron chi connectivity index (χ3n) is 4.63. The molecule has 0 fully saturated rings. The number of anilines is 2. The zero-order valence-electron chi connectivity index (χ0n) is 16.8. The van der Waals surface area contributed by atoms with Crippen LogP contribution >= 0.6 is 0 Å². The molecular formula is C25H21N3O2. The Bertz CT molecular complexity index is 1090. The first-order valence-corrected chi connectivity index (χ1v) is 9.44. The number of rotatable bonds is 5. The topological polar surface area (TPSA) is 82.0 Å². The summed E-state index contributed by atoms with van der Waals surface area (Å²) in [6, 6.07) is 23.5. The van der Waals surface area contributed by atoms with Crippen LogP contribution in [-0.4, -0.2) is 11.8 Å². The van der Waals surface area contributed by atoms with Crippen LogP contribution in [0.1, 0.15) is 22.3 Å². The van der Waals surface area contributed by atoms with Crippen LogP contribution in [0.5, 0.6) is 0 Å². The number of amides is 2. The lowest BCUT2D eigenvalue weighted by atomic mass is 10.1. The van der Waals surface area contributed by atoms with Crippen LogP contribution in [0.15, 0.2) is 78.4 Å². The molecule has 0 spiro atoms. The van der Waals surface area contributed by atoms with E-state index in [0.717, 1.165) is 11.1 Å². The maximum Gasteiger partial charge on any atom is 0.261 e. The van der Waals surface area contributed by atoms with Crippen molar-refractivity contribution in [2.45, 2.75) is 13.8 Å². The molecule has 30 heavy (non-hydrogen) atoms. The van der Waals surface area contributed by atoms with Gasteiger partial charge in [0.1, 0.15) is 5.57 Å². The van der Waals surface area contributed by atoms with E-state index in [4.69, 9.17) is 5.26 Å². The van der Waals surface area contributed by atoms with Gasteiger partial charge < -0.3 is 10.6 Å². The van der Waals surface area contributed by atoms with Crippen LogP contribution < -0.4 is 10.6 Å². The van der Waals surface area contributed by atoms with Gasteiger partial charge in [-0.1, -0.05) is 48.5 Å². The minimum absolute atomic E-state index is 0.0359. The maximum atomic E-state index is 13.0. The fraction of sp³-hybridized carbons (Fsp3) is 0.0800. The summed E-state index contributed by atoms with van der Waals surface area (Å²) in [7, 11) is 0. The van der Waals surface area contributed by atoms with Gasteiger partial charge >= 0.3 is 0 Å². The summed E-state index contributed by atoms with van der Waals surface area (Å²) in [4.78, 5) is 26.0. The molecule has 148 valence electrons. The second-order valence-corrected chi connectivity index (χ2v) is 6.83. The van der Waals surface area contributed by atoms with E-state index in [1.807, 2.05) is 50.2 Å². The zero-order valence-corrected chi connectivity index (χ0v) is 16.8. The van der Waals surface area contributed by atoms with E-state index in [2.05, 4.69) is 16.7 Å². The number of carbonyl (C=O) groups excluding carboxylic acids is 2. The first-order valence-electron chi connectivity index (χ1n) is 9.44. The molecule has 0 unspecified atom stereocenters. The lowest BCUT2D eigenvalue weighted by molar-refractivity contribution is -0.118. The predicted octanol–water partition coefficient (Wildman–Crippen LogP) is 4.84. The number of para-hydroxylation sites is 2. The summed E-state index contributed by atoms with van der Waals surface area (Å²) in [6.07, 6.45) is 1.52. The molecule has 0 radical (unpaired) electrons. The van der Waals surface area contributed by atoms with Crippen LogP contribution in [0.2, 0.25) is 0 Å². The average molecular weight is 395 g/mol. The molecule has 0 bridgehead atoms. The Morgan fingerprint density at radius 2 is 1.23 bits per heavy atom. The molecule has 0 aliphatic carbocycles. The van der Waals surface area contributed by atoms with E-state index in [0.29, 0.717) is 22.5 Å². The zero-order chi connectivity index (χ0) is 21.5. The predicted molar refractivity (Wildman–Crippen MR) is 119 cm³/mol. The standard InChI is InChI=1S/C25H21N3O2/c1-17-7-3-5-9-22(17)27-24(29)21(15-19-11-13-20(16-26)14-12-19)25(30)28-23-10-6-4-8-18(23)2/h3-15H,1-2H3,(H,27,29)(H,28,30). The molecule has 0 aliphatic heterocycles. The van der Waals surface area contributed by atoms with E-state index in [1.54, 1.807) is 36.4 Å². The average Bonchev–Trinajstić information content (AvgIpc) is 2.75. The van der Waals surface area contributed by atoms with Gasteiger partial charge in [0.15, 0.2) is 0 Å². The van der Waals surface area contributed by atoms with E-state index in [-0.39, 0.29) is 5.57 Å². The van der Waals surface area contributed by atoms with Crippen LogP contribution in [0.25, 0.3) is 6.08 Å². The summed E-state index contributed by atoms with van der Waals surface area (Å²) in [5.41, 5.74) is 4.16. The minimum atomic E-state index is -0.514. The Kier molecular flexibility index (Phi) is 6.41. The van der Waals surface area contributed by atoms with Crippen molar-refractivity contribution >= 4 is 29.3 Å². The fourth-order valence-electron chi connectivity index (χ4n) is 2.86. The van der Waals surface area contributed by atoms with E-state index in [1.165, 1.54) is 6.08 Å². The Hall–Kier alpha value is -4.17. The summed E-state index contributed by atoms with van der Waals surface area (Å²) in [5.74, 6) is -1.03. The number of nitrogens with one attached hydrogen (secondary N) is 2. The normalized spacial score (nSPS) is 9.90. The highest BCUT2D eigenvalue weighted by molar-refractivity contribution is 6.29. The highest BCUT2D eigenvalue weighted by Gasteiger charge is 2.20. The fourth-order valence-corrected chi connectivity index (χ4v) is 2.86. The number of nitrogens with zero attached hydrogens (tertiary/aromatic N) is 1. The van der Waals surface area contributed by atoms with Gasteiger partial charge in [0.05, 0.1) is 11.6 Å². The molecule has 0 saturated carbocycles. The highest BCUT2D eigenvalue weighted by atomic mass is 16.2. The Balaban J connectivity index is 1.94. The number of hydrogen-bond acceptors (Lipinski definition) is 3.